The predicted molar refractivity (Wildman–Crippen MR) is 158 cm³/mol. The minimum absolute atomic E-state index is 0.0702. The molecule has 0 unspecified atom stereocenters. The summed E-state index contributed by atoms with van der Waals surface area (Å²) in [5.74, 6) is -1.19. The Kier molecular flexibility index (Phi) is 33.8. The van der Waals surface area contributed by atoms with Gasteiger partial charge in [0.15, 0.2) is 0 Å². The highest BCUT2D eigenvalue weighted by Crippen LogP contribution is 2.11. The summed E-state index contributed by atoms with van der Waals surface area (Å²) in [6.45, 7) is 8.70. The summed E-state index contributed by atoms with van der Waals surface area (Å²) in [5, 5.41) is 8.54. The van der Waals surface area contributed by atoms with Crippen LogP contribution in [0.1, 0.15) is 103 Å². The highest BCUT2D eigenvalue weighted by molar-refractivity contribution is 5.69. The topological polar surface area (TPSA) is 119 Å². The maximum absolute atomic E-state index is 11.5. The Morgan fingerprint density at radius 3 is 1.17 bits per heavy atom. The average molecular weight is 593 g/mol. The van der Waals surface area contributed by atoms with Gasteiger partial charge in [0.05, 0.1) is 72.7 Å². The summed E-state index contributed by atoms with van der Waals surface area (Å²) in [6, 6.07) is 0. The summed E-state index contributed by atoms with van der Waals surface area (Å²) in [7, 11) is 0. The third-order valence-electron chi connectivity index (χ3n) is 6.26. The van der Waals surface area contributed by atoms with Crippen molar-refractivity contribution in [3.63, 3.8) is 0 Å². The highest BCUT2D eigenvalue weighted by Gasteiger charge is 2.04. The van der Waals surface area contributed by atoms with E-state index in [2.05, 4.69) is 6.92 Å². The van der Waals surface area contributed by atoms with Crippen LogP contribution in [0.4, 0.5) is 0 Å². The molecule has 0 spiro atoms. The summed E-state index contributed by atoms with van der Waals surface area (Å²) >= 11 is 0. The molecule has 0 rings (SSSR count). The molecule has 0 aliphatic rings. The molecule has 0 aromatic carbocycles. The standard InChI is InChI=1S/C31H60O10/c1-2-3-4-5-6-7-8-9-10-11-14-17-35-18-19-36-20-21-37-22-23-38-24-25-39-26-27-40-28-29-41-31(34)16-13-12-15-30(32)33/h2-29H2,1H3,(H,32,33). The molecule has 0 aromatic heterocycles. The smallest absolute Gasteiger partial charge is 0.305 e. The molecule has 0 amide bonds. The van der Waals surface area contributed by atoms with Crippen molar-refractivity contribution in [2.24, 2.45) is 0 Å². The quantitative estimate of drug-likeness (QED) is 0.0737. The lowest BCUT2D eigenvalue weighted by atomic mass is 10.1. The van der Waals surface area contributed by atoms with E-state index in [-0.39, 0.29) is 25.4 Å². The maximum Gasteiger partial charge on any atom is 0.305 e. The number of rotatable bonds is 35. The second-order valence-corrected chi connectivity index (χ2v) is 10.0. The average Bonchev–Trinajstić information content (AvgIpc) is 2.96. The van der Waals surface area contributed by atoms with E-state index in [0.29, 0.717) is 85.5 Å². The Balaban J connectivity index is 3.09. The van der Waals surface area contributed by atoms with Crippen LogP contribution in [0.3, 0.4) is 0 Å². The molecule has 0 atom stereocenters. The van der Waals surface area contributed by atoms with E-state index in [1.165, 1.54) is 64.2 Å². The van der Waals surface area contributed by atoms with Crippen molar-refractivity contribution in [1.82, 2.24) is 0 Å². The third kappa shape index (κ3) is 36.7. The first-order chi connectivity index (χ1) is 20.2. The number of carbonyl (C=O) groups excluding carboxylic acids is 1. The van der Waals surface area contributed by atoms with Gasteiger partial charge in [0.2, 0.25) is 0 Å². The monoisotopic (exact) mass is 592 g/mol. The fourth-order valence-corrected chi connectivity index (χ4v) is 3.90. The molecule has 0 heterocycles. The van der Waals surface area contributed by atoms with Crippen molar-refractivity contribution in [3.8, 4) is 0 Å². The van der Waals surface area contributed by atoms with E-state index in [0.717, 1.165) is 13.0 Å². The first kappa shape index (κ1) is 39.7. The molecule has 0 bridgehead atoms. The predicted octanol–water partition coefficient (Wildman–Crippen LogP) is 5.59. The molecule has 10 nitrogen and oxygen atoms in total. The lowest BCUT2D eigenvalue weighted by Crippen LogP contribution is -2.15. The van der Waals surface area contributed by atoms with Crippen LogP contribution in [-0.4, -0.2) is 103 Å². The van der Waals surface area contributed by atoms with Crippen LogP contribution >= 0.6 is 0 Å². The van der Waals surface area contributed by atoms with Gasteiger partial charge in [-0.1, -0.05) is 71.1 Å². The van der Waals surface area contributed by atoms with Gasteiger partial charge in [0.25, 0.3) is 0 Å². The molecule has 0 aliphatic carbocycles. The number of hydrogen-bond acceptors (Lipinski definition) is 9. The molecule has 0 radical (unpaired) electrons. The number of carboxylic acids is 1. The van der Waals surface area contributed by atoms with Gasteiger partial charge in [-0.15, -0.1) is 0 Å². The van der Waals surface area contributed by atoms with Crippen LogP contribution in [-0.2, 0) is 42.7 Å². The van der Waals surface area contributed by atoms with Crippen molar-refractivity contribution in [2.75, 3.05) is 85.9 Å². The van der Waals surface area contributed by atoms with E-state index in [4.69, 9.17) is 38.3 Å². The molecule has 0 aliphatic heterocycles. The van der Waals surface area contributed by atoms with Crippen molar-refractivity contribution in [2.45, 2.75) is 103 Å². The fraction of sp³-hybridized carbons (Fsp3) is 0.935. The molecule has 0 saturated carbocycles. The van der Waals surface area contributed by atoms with Gasteiger partial charge in [-0.3, -0.25) is 9.59 Å². The number of hydrogen-bond donors (Lipinski definition) is 1. The van der Waals surface area contributed by atoms with Gasteiger partial charge < -0.3 is 38.3 Å². The SMILES string of the molecule is CCCCCCCCCCCCCOCCOCCOCCOCCOCCOCCOC(=O)CCCCC(=O)O. The fourth-order valence-electron chi connectivity index (χ4n) is 3.90. The van der Waals surface area contributed by atoms with Crippen molar-refractivity contribution in [3.05, 3.63) is 0 Å². The molecule has 0 aromatic rings. The molecule has 41 heavy (non-hydrogen) atoms. The number of esters is 1. The summed E-state index contributed by atoms with van der Waals surface area (Å²) in [4.78, 5) is 21.9. The molecule has 0 saturated heterocycles. The maximum atomic E-state index is 11.5. The number of ether oxygens (including phenoxy) is 7. The van der Waals surface area contributed by atoms with Gasteiger partial charge in [-0.05, 0) is 19.3 Å². The Labute approximate surface area is 249 Å². The van der Waals surface area contributed by atoms with E-state index >= 15 is 0 Å². The first-order valence-corrected chi connectivity index (χ1v) is 16.0. The van der Waals surface area contributed by atoms with Crippen LogP contribution < -0.4 is 0 Å². The zero-order chi connectivity index (χ0) is 29.9. The Hall–Kier alpha value is -1.30. The van der Waals surface area contributed by atoms with Crippen LogP contribution in [0, 0.1) is 0 Å². The number of aliphatic carboxylic acids is 1. The largest absolute Gasteiger partial charge is 0.481 e. The van der Waals surface area contributed by atoms with Crippen LogP contribution in [0.25, 0.3) is 0 Å². The highest BCUT2D eigenvalue weighted by atomic mass is 16.6. The normalized spacial score (nSPS) is 11.2. The zero-order valence-electron chi connectivity index (χ0n) is 25.9. The first-order valence-electron chi connectivity index (χ1n) is 16.0. The lowest BCUT2D eigenvalue weighted by molar-refractivity contribution is -0.146. The van der Waals surface area contributed by atoms with E-state index in [9.17, 15) is 9.59 Å². The molecule has 1 N–H and O–H groups in total. The van der Waals surface area contributed by atoms with E-state index in [1.54, 1.807) is 0 Å². The van der Waals surface area contributed by atoms with Crippen molar-refractivity contribution in [1.29, 1.82) is 0 Å². The van der Waals surface area contributed by atoms with Gasteiger partial charge >= 0.3 is 11.9 Å². The second-order valence-electron chi connectivity index (χ2n) is 10.0. The number of unbranched alkanes of at least 4 members (excludes halogenated alkanes) is 11. The number of carboxylic acid groups (broad SMARTS) is 1. The molecule has 10 heteroatoms. The minimum Gasteiger partial charge on any atom is -0.481 e. The molecular weight excluding hydrogens is 532 g/mol. The number of carbonyl (C=O) groups is 2. The Bertz CT molecular complexity index is 547. The molecule has 0 fully saturated rings. The van der Waals surface area contributed by atoms with Gasteiger partial charge in [-0.2, -0.15) is 0 Å². The third-order valence-corrected chi connectivity index (χ3v) is 6.26. The molecule has 244 valence electrons. The van der Waals surface area contributed by atoms with Crippen LogP contribution in [0.15, 0.2) is 0 Å². The van der Waals surface area contributed by atoms with Crippen molar-refractivity contribution < 1.29 is 47.9 Å². The minimum atomic E-state index is -0.854. The second kappa shape index (κ2) is 34.9. The van der Waals surface area contributed by atoms with Crippen LogP contribution in [0.2, 0.25) is 0 Å². The summed E-state index contributed by atoms with van der Waals surface area (Å²) in [6.07, 6.45) is 16.1. The Morgan fingerprint density at radius 1 is 0.415 bits per heavy atom. The zero-order valence-corrected chi connectivity index (χ0v) is 25.9. The lowest BCUT2D eigenvalue weighted by Gasteiger charge is -2.08. The van der Waals surface area contributed by atoms with Crippen LogP contribution in [0.5, 0.6) is 0 Å². The van der Waals surface area contributed by atoms with Gasteiger partial charge in [0, 0.05) is 19.4 Å². The summed E-state index contributed by atoms with van der Waals surface area (Å²) < 4.78 is 37.9. The summed E-state index contributed by atoms with van der Waals surface area (Å²) in [5.41, 5.74) is 0. The van der Waals surface area contributed by atoms with Gasteiger partial charge in [0.1, 0.15) is 6.61 Å². The van der Waals surface area contributed by atoms with E-state index < -0.39 is 5.97 Å². The molecular formula is C31H60O10. The van der Waals surface area contributed by atoms with Gasteiger partial charge in [-0.25, -0.2) is 0 Å². The van der Waals surface area contributed by atoms with Crippen molar-refractivity contribution >= 4 is 11.9 Å². The van der Waals surface area contributed by atoms with E-state index in [1.807, 2.05) is 0 Å². The Morgan fingerprint density at radius 2 is 0.756 bits per heavy atom.